The number of rotatable bonds is 4. The van der Waals surface area contributed by atoms with E-state index in [1.54, 1.807) is 18.2 Å². The summed E-state index contributed by atoms with van der Waals surface area (Å²) in [6, 6.07) is 5.16. The zero-order valence-electron chi connectivity index (χ0n) is 9.49. The van der Waals surface area contributed by atoms with Gasteiger partial charge in [0.05, 0.1) is 7.11 Å². The number of methoxy groups -OCH3 is 1. The topological polar surface area (TPSA) is 55.4 Å². The van der Waals surface area contributed by atoms with Gasteiger partial charge in [-0.3, -0.25) is 4.79 Å². The van der Waals surface area contributed by atoms with Crippen molar-refractivity contribution in [1.29, 1.82) is 0 Å². The molecule has 0 spiro atoms. The SMILES string of the molecule is COC(=O)/C(=C/C=O)Nc1ccc(Cl)cc1C. The van der Waals surface area contributed by atoms with Gasteiger partial charge < -0.3 is 10.1 Å². The summed E-state index contributed by atoms with van der Waals surface area (Å²) in [7, 11) is 1.25. The Morgan fingerprint density at radius 1 is 1.47 bits per heavy atom. The third-order valence-electron chi connectivity index (χ3n) is 2.10. The first-order chi connectivity index (χ1) is 8.08. The highest BCUT2D eigenvalue weighted by molar-refractivity contribution is 6.30. The number of aryl methyl sites for hydroxylation is 1. The number of nitrogens with one attached hydrogen (secondary N) is 1. The minimum Gasteiger partial charge on any atom is -0.464 e. The molecule has 4 nitrogen and oxygen atoms in total. The molecule has 1 rings (SSSR count). The second-order valence-corrected chi connectivity index (χ2v) is 3.73. The van der Waals surface area contributed by atoms with E-state index in [1.807, 2.05) is 6.92 Å². The summed E-state index contributed by atoms with van der Waals surface area (Å²) in [5.41, 5.74) is 1.62. The van der Waals surface area contributed by atoms with Crippen molar-refractivity contribution in [2.45, 2.75) is 6.92 Å². The minimum absolute atomic E-state index is 0.0768. The standard InChI is InChI=1S/C12H12ClNO3/c1-8-7-9(13)3-4-10(8)14-11(5-6-15)12(16)17-2/h3-7,14H,1-2H3/b11-5-. The van der Waals surface area contributed by atoms with Crippen molar-refractivity contribution in [2.24, 2.45) is 0 Å². The van der Waals surface area contributed by atoms with Gasteiger partial charge in [0.2, 0.25) is 0 Å². The highest BCUT2D eigenvalue weighted by Crippen LogP contribution is 2.21. The van der Waals surface area contributed by atoms with Crippen LogP contribution in [0.15, 0.2) is 30.0 Å². The largest absolute Gasteiger partial charge is 0.464 e. The molecule has 1 N–H and O–H groups in total. The normalized spacial score (nSPS) is 10.9. The number of ether oxygens (including phenoxy) is 1. The number of esters is 1. The number of aldehydes is 1. The lowest BCUT2D eigenvalue weighted by Gasteiger charge is -2.11. The van der Waals surface area contributed by atoms with Crippen molar-refractivity contribution in [2.75, 3.05) is 12.4 Å². The molecule has 0 radical (unpaired) electrons. The third kappa shape index (κ3) is 3.60. The van der Waals surface area contributed by atoms with Gasteiger partial charge in [-0.2, -0.15) is 0 Å². The molecule has 0 aliphatic heterocycles. The van der Waals surface area contributed by atoms with Crippen LogP contribution in [0.5, 0.6) is 0 Å². The Morgan fingerprint density at radius 3 is 2.71 bits per heavy atom. The van der Waals surface area contributed by atoms with Gasteiger partial charge >= 0.3 is 5.97 Å². The van der Waals surface area contributed by atoms with Crippen LogP contribution in [0.4, 0.5) is 5.69 Å². The van der Waals surface area contributed by atoms with E-state index in [9.17, 15) is 9.59 Å². The lowest BCUT2D eigenvalue weighted by atomic mass is 10.2. The molecule has 0 atom stereocenters. The highest BCUT2D eigenvalue weighted by atomic mass is 35.5. The summed E-state index contributed by atoms with van der Waals surface area (Å²) in [5.74, 6) is -0.605. The first kappa shape index (κ1) is 13.3. The first-order valence-electron chi connectivity index (χ1n) is 4.85. The van der Waals surface area contributed by atoms with Gasteiger partial charge in [0.1, 0.15) is 12.0 Å². The molecule has 0 aliphatic rings. The van der Waals surface area contributed by atoms with Crippen LogP contribution < -0.4 is 5.32 Å². The predicted octanol–water partition coefficient (Wildman–Crippen LogP) is 2.32. The molecule has 0 heterocycles. The Labute approximate surface area is 104 Å². The van der Waals surface area contributed by atoms with Crippen LogP contribution in [-0.4, -0.2) is 19.4 Å². The van der Waals surface area contributed by atoms with Crippen molar-refractivity contribution in [3.8, 4) is 0 Å². The zero-order chi connectivity index (χ0) is 12.8. The molecule has 5 heteroatoms. The van der Waals surface area contributed by atoms with E-state index >= 15 is 0 Å². The molecule has 17 heavy (non-hydrogen) atoms. The number of allylic oxidation sites excluding steroid dienone is 1. The lowest BCUT2D eigenvalue weighted by molar-refractivity contribution is -0.136. The van der Waals surface area contributed by atoms with E-state index in [2.05, 4.69) is 10.1 Å². The van der Waals surface area contributed by atoms with Gasteiger partial charge in [0.25, 0.3) is 0 Å². The Kier molecular flexibility index (Phi) is 4.72. The summed E-state index contributed by atoms with van der Waals surface area (Å²) >= 11 is 5.81. The zero-order valence-corrected chi connectivity index (χ0v) is 10.2. The van der Waals surface area contributed by atoms with Crippen LogP contribution in [0.3, 0.4) is 0 Å². The van der Waals surface area contributed by atoms with E-state index < -0.39 is 5.97 Å². The summed E-state index contributed by atoms with van der Waals surface area (Å²) in [4.78, 5) is 21.8. The molecule has 0 bridgehead atoms. The van der Waals surface area contributed by atoms with Gasteiger partial charge in [-0.1, -0.05) is 11.6 Å². The van der Waals surface area contributed by atoms with Crippen LogP contribution in [-0.2, 0) is 14.3 Å². The number of anilines is 1. The fourth-order valence-corrected chi connectivity index (χ4v) is 1.48. The van der Waals surface area contributed by atoms with Crippen LogP contribution in [0.1, 0.15) is 5.56 Å². The molecule has 0 saturated carbocycles. The maximum absolute atomic E-state index is 11.3. The number of hydrogen-bond acceptors (Lipinski definition) is 4. The van der Waals surface area contributed by atoms with Crippen molar-refractivity contribution < 1.29 is 14.3 Å². The average Bonchev–Trinajstić information content (AvgIpc) is 2.30. The number of carbonyl (C=O) groups excluding carboxylic acids is 2. The van der Waals surface area contributed by atoms with Gasteiger partial charge in [-0.05, 0) is 30.7 Å². The molecule has 0 saturated heterocycles. The number of benzene rings is 1. The van der Waals surface area contributed by atoms with Crippen LogP contribution >= 0.6 is 11.6 Å². The molecule has 0 fully saturated rings. The molecule has 0 aliphatic carbocycles. The molecule has 0 unspecified atom stereocenters. The first-order valence-corrected chi connectivity index (χ1v) is 5.23. The van der Waals surface area contributed by atoms with Gasteiger partial charge in [-0.15, -0.1) is 0 Å². The molecule has 0 aromatic heterocycles. The van der Waals surface area contributed by atoms with Crippen LogP contribution in [0, 0.1) is 6.92 Å². The van der Waals surface area contributed by atoms with Gasteiger partial charge in [-0.25, -0.2) is 4.79 Å². The van der Waals surface area contributed by atoms with Crippen molar-refractivity contribution >= 4 is 29.5 Å². The Balaban J connectivity index is 2.98. The van der Waals surface area contributed by atoms with E-state index in [0.717, 1.165) is 11.6 Å². The Hall–Kier alpha value is -1.81. The number of halogens is 1. The molecular formula is C12H12ClNO3. The van der Waals surface area contributed by atoms with Gasteiger partial charge in [0, 0.05) is 16.8 Å². The fraction of sp³-hybridized carbons (Fsp3) is 0.167. The molecule has 0 amide bonds. The van der Waals surface area contributed by atoms with E-state index in [-0.39, 0.29) is 5.70 Å². The predicted molar refractivity (Wildman–Crippen MR) is 66.0 cm³/mol. The van der Waals surface area contributed by atoms with E-state index in [1.165, 1.54) is 7.11 Å². The monoisotopic (exact) mass is 253 g/mol. The maximum atomic E-state index is 11.3. The van der Waals surface area contributed by atoms with Crippen molar-refractivity contribution in [3.05, 3.63) is 40.6 Å². The molecular weight excluding hydrogens is 242 g/mol. The van der Waals surface area contributed by atoms with Crippen molar-refractivity contribution in [1.82, 2.24) is 0 Å². The summed E-state index contributed by atoms with van der Waals surface area (Å²) in [5, 5.41) is 3.43. The fourth-order valence-electron chi connectivity index (χ4n) is 1.25. The Bertz CT molecular complexity index is 469. The number of hydrogen-bond donors (Lipinski definition) is 1. The van der Waals surface area contributed by atoms with Crippen LogP contribution in [0.25, 0.3) is 0 Å². The van der Waals surface area contributed by atoms with Crippen LogP contribution in [0.2, 0.25) is 5.02 Å². The second kappa shape index (κ2) is 6.06. The Morgan fingerprint density at radius 2 is 2.18 bits per heavy atom. The van der Waals surface area contributed by atoms with Crippen molar-refractivity contribution in [3.63, 3.8) is 0 Å². The smallest absolute Gasteiger partial charge is 0.354 e. The van der Waals surface area contributed by atoms with E-state index in [4.69, 9.17) is 11.6 Å². The quantitative estimate of drug-likeness (QED) is 0.508. The molecule has 1 aromatic carbocycles. The second-order valence-electron chi connectivity index (χ2n) is 3.29. The molecule has 1 aromatic rings. The summed E-state index contributed by atoms with van der Waals surface area (Å²) < 4.78 is 4.55. The number of carbonyl (C=O) groups is 2. The van der Waals surface area contributed by atoms with E-state index in [0.29, 0.717) is 17.0 Å². The highest BCUT2D eigenvalue weighted by Gasteiger charge is 2.10. The lowest BCUT2D eigenvalue weighted by Crippen LogP contribution is -2.13. The maximum Gasteiger partial charge on any atom is 0.354 e. The third-order valence-corrected chi connectivity index (χ3v) is 2.33. The van der Waals surface area contributed by atoms with Gasteiger partial charge in [0.15, 0.2) is 0 Å². The summed E-state index contributed by atoms with van der Waals surface area (Å²) in [6.45, 7) is 1.84. The average molecular weight is 254 g/mol. The minimum atomic E-state index is -0.605. The summed E-state index contributed by atoms with van der Waals surface area (Å²) in [6.07, 6.45) is 1.63. The molecule has 90 valence electrons.